The van der Waals surface area contributed by atoms with Gasteiger partial charge in [-0.15, -0.1) is 24.0 Å². The highest BCUT2D eigenvalue weighted by molar-refractivity contribution is 14.0. The summed E-state index contributed by atoms with van der Waals surface area (Å²) in [6, 6.07) is 8.14. The molecule has 0 aliphatic carbocycles. The van der Waals surface area contributed by atoms with Gasteiger partial charge >= 0.3 is 0 Å². The van der Waals surface area contributed by atoms with Crippen molar-refractivity contribution in [1.29, 1.82) is 0 Å². The molecular formula is C18H29IN4O3S. The number of halogens is 1. The van der Waals surface area contributed by atoms with E-state index in [0.717, 1.165) is 44.3 Å². The van der Waals surface area contributed by atoms with Crippen molar-refractivity contribution in [3.05, 3.63) is 24.3 Å². The van der Waals surface area contributed by atoms with Gasteiger partial charge < -0.3 is 19.9 Å². The third-order valence-electron chi connectivity index (χ3n) is 5.10. The van der Waals surface area contributed by atoms with Gasteiger partial charge in [-0.25, -0.2) is 8.42 Å². The fraction of sp³-hybridized carbons (Fsp3) is 0.611. The maximum atomic E-state index is 11.6. The first kappa shape index (κ1) is 22.1. The van der Waals surface area contributed by atoms with Crippen LogP contribution >= 0.6 is 24.0 Å². The van der Waals surface area contributed by atoms with Gasteiger partial charge in [0.2, 0.25) is 0 Å². The second-order valence-electron chi connectivity index (χ2n) is 6.87. The minimum Gasteiger partial charge on any atom is -0.497 e. The summed E-state index contributed by atoms with van der Waals surface area (Å²) in [7, 11) is 0.628. The molecular weight excluding hydrogens is 479 g/mol. The molecule has 0 radical (unpaired) electrons. The number of anilines is 1. The molecule has 2 fully saturated rings. The maximum Gasteiger partial charge on any atom is 0.193 e. The Morgan fingerprint density at radius 3 is 2.41 bits per heavy atom. The van der Waals surface area contributed by atoms with E-state index >= 15 is 0 Å². The van der Waals surface area contributed by atoms with Crippen LogP contribution in [0.3, 0.4) is 0 Å². The van der Waals surface area contributed by atoms with Gasteiger partial charge in [0.25, 0.3) is 0 Å². The number of nitrogens with one attached hydrogen (secondary N) is 1. The van der Waals surface area contributed by atoms with Crippen LogP contribution in [-0.2, 0) is 9.84 Å². The zero-order chi connectivity index (χ0) is 18.6. The number of sulfone groups is 1. The monoisotopic (exact) mass is 508 g/mol. The molecule has 1 atom stereocenters. The molecule has 2 aliphatic rings. The lowest BCUT2D eigenvalue weighted by molar-refractivity contribution is 0.369. The summed E-state index contributed by atoms with van der Waals surface area (Å²) in [6.45, 7) is 4.28. The number of benzene rings is 1. The van der Waals surface area contributed by atoms with E-state index in [1.54, 1.807) is 14.2 Å². The molecule has 0 amide bonds. The SMILES string of the molecule is CN=C(NCC1CCS(=O)(=O)C1)N1CCN(c2ccc(OC)cc2)CC1.I. The Morgan fingerprint density at radius 2 is 1.89 bits per heavy atom. The maximum absolute atomic E-state index is 11.6. The zero-order valence-corrected chi connectivity index (χ0v) is 19.1. The van der Waals surface area contributed by atoms with Crippen LogP contribution in [0.25, 0.3) is 0 Å². The van der Waals surface area contributed by atoms with Gasteiger partial charge in [-0.05, 0) is 36.6 Å². The molecule has 9 heteroatoms. The normalized spacial score (nSPS) is 22.3. The first-order valence-corrected chi connectivity index (χ1v) is 10.9. The van der Waals surface area contributed by atoms with Crippen LogP contribution in [-0.4, -0.2) is 77.7 Å². The molecule has 2 aliphatic heterocycles. The second kappa shape index (κ2) is 9.81. The van der Waals surface area contributed by atoms with Crippen molar-refractivity contribution in [2.45, 2.75) is 6.42 Å². The molecule has 0 aromatic heterocycles. The lowest BCUT2D eigenvalue weighted by Crippen LogP contribution is -2.53. The molecule has 152 valence electrons. The summed E-state index contributed by atoms with van der Waals surface area (Å²) >= 11 is 0. The number of guanidine groups is 1. The van der Waals surface area contributed by atoms with Crippen molar-refractivity contribution < 1.29 is 13.2 Å². The highest BCUT2D eigenvalue weighted by Crippen LogP contribution is 2.21. The quantitative estimate of drug-likeness (QED) is 0.377. The molecule has 1 aromatic carbocycles. The molecule has 2 heterocycles. The third kappa shape index (κ3) is 5.87. The minimum absolute atomic E-state index is 0. The van der Waals surface area contributed by atoms with Gasteiger partial charge in [0.15, 0.2) is 15.8 Å². The van der Waals surface area contributed by atoms with Crippen LogP contribution < -0.4 is 15.0 Å². The van der Waals surface area contributed by atoms with Crippen molar-refractivity contribution in [2.75, 3.05) is 63.3 Å². The number of nitrogens with zero attached hydrogens (tertiary/aromatic N) is 3. The van der Waals surface area contributed by atoms with Crippen LogP contribution in [0.15, 0.2) is 29.3 Å². The van der Waals surface area contributed by atoms with Gasteiger partial charge in [-0.2, -0.15) is 0 Å². The Morgan fingerprint density at radius 1 is 1.22 bits per heavy atom. The lowest BCUT2D eigenvalue weighted by Gasteiger charge is -2.38. The third-order valence-corrected chi connectivity index (χ3v) is 6.94. The average molecular weight is 508 g/mol. The van der Waals surface area contributed by atoms with Crippen LogP contribution in [0, 0.1) is 5.92 Å². The Bertz CT molecular complexity index is 731. The van der Waals surface area contributed by atoms with Crippen molar-refractivity contribution in [3.8, 4) is 5.75 Å². The summed E-state index contributed by atoms with van der Waals surface area (Å²) in [6.07, 6.45) is 0.748. The summed E-state index contributed by atoms with van der Waals surface area (Å²) in [5, 5.41) is 3.36. The minimum atomic E-state index is -2.83. The van der Waals surface area contributed by atoms with Gasteiger partial charge in [0.05, 0.1) is 18.6 Å². The topological polar surface area (TPSA) is 74.2 Å². The smallest absolute Gasteiger partial charge is 0.193 e. The highest BCUT2D eigenvalue weighted by atomic mass is 127. The Kier molecular flexibility index (Phi) is 8.02. The zero-order valence-electron chi connectivity index (χ0n) is 15.9. The predicted molar refractivity (Wildman–Crippen MR) is 120 cm³/mol. The molecule has 1 N–H and O–H groups in total. The van der Waals surface area contributed by atoms with Gasteiger partial charge in [-0.1, -0.05) is 0 Å². The van der Waals surface area contributed by atoms with E-state index in [2.05, 4.69) is 32.2 Å². The molecule has 1 aromatic rings. The van der Waals surface area contributed by atoms with E-state index < -0.39 is 9.84 Å². The van der Waals surface area contributed by atoms with Crippen LogP contribution in [0.1, 0.15) is 6.42 Å². The number of methoxy groups -OCH3 is 1. The molecule has 2 saturated heterocycles. The number of aliphatic imine (C=N–C) groups is 1. The largest absolute Gasteiger partial charge is 0.497 e. The second-order valence-corrected chi connectivity index (χ2v) is 9.10. The number of ether oxygens (including phenoxy) is 1. The highest BCUT2D eigenvalue weighted by Gasteiger charge is 2.28. The van der Waals surface area contributed by atoms with E-state index in [0.29, 0.717) is 18.1 Å². The summed E-state index contributed by atoms with van der Waals surface area (Å²) in [4.78, 5) is 8.97. The average Bonchev–Trinajstić information content (AvgIpc) is 3.02. The van der Waals surface area contributed by atoms with Gasteiger partial charge in [0, 0.05) is 45.5 Å². The Balaban J connectivity index is 0.00000261. The number of hydrogen-bond acceptors (Lipinski definition) is 5. The number of hydrogen-bond donors (Lipinski definition) is 1. The van der Waals surface area contributed by atoms with Crippen molar-refractivity contribution in [2.24, 2.45) is 10.9 Å². The predicted octanol–water partition coefficient (Wildman–Crippen LogP) is 1.45. The van der Waals surface area contributed by atoms with Crippen LogP contribution in [0.4, 0.5) is 5.69 Å². The van der Waals surface area contributed by atoms with Crippen molar-refractivity contribution >= 4 is 45.5 Å². The van der Waals surface area contributed by atoms with Gasteiger partial charge in [-0.3, -0.25) is 4.99 Å². The lowest BCUT2D eigenvalue weighted by atomic mass is 10.1. The number of rotatable bonds is 4. The number of piperazine rings is 1. The molecule has 27 heavy (non-hydrogen) atoms. The molecule has 7 nitrogen and oxygen atoms in total. The van der Waals surface area contributed by atoms with Crippen molar-refractivity contribution in [1.82, 2.24) is 10.2 Å². The standard InChI is InChI=1S/C18H28N4O3S.HI/c1-19-18(20-13-15-7-12-26(23,24)14-15)22-10-8-21(9-11-22)16-3-5-17(25-2)6-4-16;/h3-6,15H,7-14H2,1-2H3,(H,19,20);1H. The van der Waals surface area contributed by atoms with E-state index in [9.17, 15) is 8.42 Å². The van der Waals surface area contributed by atoms with Crippen molar-refractivity contribution in [3.63, 3.8) is 0 Å². The first-order valence-electron chi connectivity index (χ1n) is 9.06. The Hall–Kier alpha value is -1.23. The molecule has 0 bridgehead atoms. The van der Waals surface area contributed by atoms with E-state index in [-0.39, 0.29) is 29.9 Å². The summed E-state index contributed by atoms with van der Waals surface area (Å²) in [5.41, 5.74) is 1.20. The molecule has 0 spiro atoms. The fourth-order valence-electron chi connectivity index (χ4n) is 3.57. The van der Waals surface area contributed by atoms with E-state index in [4.69, 9.17) is 4.74 Å². The fourth-order valence-corrected chi connectivity index (χ4v) is 5.43. The van der Waals surface area contributed by atoms with Gasteiger partial charge in [0.1, 0.15) is 5.75 Å². The van der Waals surface area contributed by atoms with E-state index in [1.165, 1.54) is 5.69 Å². The Labute approximate surface area is 179 Å². The summed E-state index contributed by atoms with van der Waals surface area (Å²) in [5.74, 6) is 2.53. The first-order chi connectivity index (χ1) is 12.5. The molecule has 1 unspecified atom stereocenters. The van der Waals surface area contributed by atoms with Crippen LogP contribution in [0.5, 0.6) is 5.75 Å². The summed E-state index contributed by atoms with van der Waals surface area (Å²) < 4.78 is 28.4. The molecule has 0 saturated carbocycles. The van der Waals surface area contributed by atoms with Crippen LogP contribution in [0.2, 0.25) is 0 Å². The van der Waals surface area contributed by atoms with E-state index in [1.807, 2.05) is 12.1 Å². The molecule has 3 rings (SSSR count).